The standard InChI is InChI=1S/C45H93N3O/c1-5-9-13-17-21-22-23-24-25-26-30-34-38-46-45(49)44-48(41-37-33-29-20-16-12-8-4)43-42-47(39-35-31-27-18-14-10-6-2)40-36-32-28-19-15-11-7-3/h5-44H2,1-4H3,(H,46,49). The molecule has 0 radical (unpaired) electrons. The molecule has 49 heavy (non-hydrogen) atoms. The quantitative estimate of drug-likeness (QED) is 0.0647. The van der Waals surface area contributed by atoms with E-state index in [1.54, 1.807) is 0 Å². The maximum absolute atomic E-state index is 13.1. The third-order valence-electron chi connectivity index (χ3n) is 10.7. The van der Waals surface area contributed by atoms with Gasteiger partial charge in [0.05, 0.1) is 6.54 Å². The Morgan fingerprint density at radius 2 is 0.592 bits per heavy atom. The van der Waals surface area contributed by atoms with E-state index in [4.69, 9.17) is 0 Å². The van der Waals surface area contributed by atoms with Crippen LogP contribution in [0.15, 0.2) is 0 Å². The van der Waals surface area contributed by atoms with E-state index in [0.29, 0.717) is 6.54 Å². The summed E-state index contributed by atoms with van der Waals surface area (Å²) in [6.45, 7) is 16.3. The molecule has 1 amide bonds. The fraction of sp³-hybridized carbons (Fsp3) is 0.978. The molecule has 4 nitrogen and oxygen atoms in total. The number of carbonyl (C=O) groups is 1. The molecule has 0 spiro atoms. The molecule has 4 heteroatoms. The Bertz CT molecular complexity index is 608. The summed E-state index contributed by atoms with van der Waals surface area (Å²) in [5.74, 6) is 0.247. The lowest BCUT2D eigenvalue weighted by Crippen LogP contribution is -2.42. The van der Waals surface area contributed by atoms with Gasteiger partial charge in [-0.1, -0.05) is 214 Å². The summed E-state index contributed by atoms with van der Waals surface area (Å²) < 4.78 is 0. The average Bonchev–Trinajstić information content (AvgIpc) is 3.10. The van der Waals surface area contributed by atoms with Crippen LogP contribution >= 0.6 is 0 Å². The van der Waals surface area contributed by atoms with Crippen molar-refractivity contribution < 1.29 is 4.79 Å². The van der Waals surface area contributed by atoms with Crippen molar-refractivity contribution in [3.8, 4) is 0 Å². The van der Waals surface area contributed by atoms with E-state index in [-0.39, 0.29) is 5.91 Å². The zero-order chi connectivity index (χ0) is 35.7. The average molecular weight is 692 g/mol. The Labute approximate surface area is 310 Å². The minimum Gasteiger partial charge on any atom is -0.355 e. The first-order valence-electron chi connectivity index (χ1n) is 22.9. The largest absolute Gasteiger partial charge is 0.355 e. The number of hydrogen-bond donors (Lipinski definition) is 1. The monoisotopic (exact) mass is 692 g/mol. The number of rotatable bonds is 42. The lowest BCUT2D eigenvalue weighted by atomic mass is 10.1. The van der Waals surface area contributed by atoms with Gasteiger partial charge in [-0.2, -0.15) is 0 Å². The van der Waals surface area contributed by atoms with Crippen LogP contribution in [0.1, 0.15) is 240 Å². The summed E-state index contributed by atoms with van der Waals surface area (Å²) in [4.78, 5) is 18.3. The molecule has 0 aromatic rings. The number of nitrogens with zero attached hydrogens (tertiary/aromatic N) is 2. The van der Waals surface area contributed by atoms with E-state index in [1.807, 2.05) is 0 Å². The van der Waals surface area contributed by atoms with Crippen LogP contribution in [-0.4, -0.2) is 61.5 Å². The predicted octanol–water partition coefficient (Wildman–Crippen LogP) is 13.7. The molecule has 0 atom stereocenters. The third-order valence-corrected chi connectivity index (χ3v) is 10.7. The highest BCUT2D eigenvalue weighted by Gasteiger charge is 2.13. The topological polar surface area (TPSA) is 35.6 Å². The molecule has 0 aliphatic carbocycles. The zero-order valence-corrected chi connectivity index (χ0v) is 34.6. The SMILES string of the molecule is CCCCCCCCCCCCCCNC(=O)CN(CCCCCCCCC)CCN(CCCCCCCCC)CCCCCCCCC. The number of nitrogens with one attached hydrogen (secondary N) is 1. The van der Waals surface area contributed by atoms with E-state index in [2.05, 4.69) is 42.8 Å². The number of unbranched alkanes of at least 4 members (excludes halogenated alkanes) is 29. The van der Waals surface area contributed by atoms with Gasteiger partial charge in [0.2, 0.25) is 5.91 Å². The van der Waals surface area contributed by atoms with E-state index in [0.717, 1.165) is 32.6 Å². The molecule has 0 aromatic heterocycles. The summed E-state index contributed by atoms with van der Waals surface area (Å²) in [7, 11) is 0. The van der Waals surface area contributed by atoms with Crippen molar-refractivity contribution in [2.75, 3.05) is 45.8 Å². The molecule has 0 saturated carbocycles. The molecule has 1 N–H and O–H groups in total. The molecule has 0 aliphatic heterocycles. The van der Waals surface area contributed by atoms with Gasteiger partial charge in [-0.3, -0.25) is 9.69 Å². The van der Waals surface area contributed by atoms with Crippen molar-refractivity contribution in [1.29, 1.82) is 0 Å². The van der Waals surface area contributed by atoms with Crippen LogP contribution in [0.2, 0.25) is 0 Å². The fourth-order valence-electron chi connectivity index (χ4n) is 7.22. The first-order valence-corrected chi connectivity index (χ1v) is 22.9. The summed E-state index contributed by atoms with van der Waals surface area (Å²) >= 11 is 0. The van der Waals surface area contributed by atoms with E-state index >= 15 is 0 Å². The van der Waals surface area contributed by atoms with E-state index in [1.165, 1.54) is 219 Å². The highest BCUT2D eigenvalue weighted by atomic mass is 16.2. The summed E-state index contributed by atoms with van der Waals surface area (Å²) in [6.07, 6.45) is 45.0. The van der Waals surface area contributed by atoms with Crippen LogP contribution in [0.5, 0.6) is 0 Å². The van der Waals surface area contributed by atoms with Crippen LogP contribution in [0.25, 0.3) is 0 Å². The molecular formula is C45H93N3O. The lowest BCUT2D eigenvalue weighted by molar-refractivity contribution is -0.122. The van der Waals surface area contributed by atoms with E-state index in [9.17, 15) is 4.79 Å². The number of carbonyl (C=O) groups excluding carboxylic acids is 1. The summed E-state index contributed by atoms with van der Waals surface area (Å²) in [5.41, 5.74) is 0. The van der Waals surface area contributed by atoms with Crippen LogP contribution in [0, 0.1) is 0 Å². The molecule has 0 rings (SSSR count). The predicted molar refractivity (Wildman–Crippen MR) is 221 cm³/mol. The van der Waals surface area contributed by atoms with Crippen LogP contribution in [0.3, 0.4) is 0 Å². The minimum atomic E-state index is 0.247. The fourth-order valence-corrected chi connectivity index (χ4v) is 7.22. The van der Waals surface area contributed by atoms with Crippen molar-refractivity contribution in [2.24, 2.45) is 0 Å². The Morgan fingerprint density at radius 3 is 0.939 bits per heavy atom. The Hall–Kier alpha value is -0.610. The van der Waals surface area contributed by atoms with Gasteiger partial charge in [0.1, 0.15) is 0 Å². The summed E-state index contributed by atoms with van der Waals surface area (Å²) in [5, 5.41) is 3.29. The van der Waals surface area contributed by atoms with Crippen LogP contribution in [-0.2, 0) is 4.79 Å². The molecule has 0 aliphatic rings. The van der Waals surface area contributed by atoms with Crippen molar-refractivity contribution >= 4 is 5.91 Å². The molecule has 0 unspecified atom stereocenters. The van der Waals surface area contributed by atoms with Gasteiger partial charge in [-0.05, 0) is 45.3 Å². The highest BCUT2D eigenvalue weighted by molar-refractivity contribution is 5.77. The normalized spacial score (nSPS) is 11.7. The van der Waals surface area contributed by atoms with E-state index < -0.39 is 0 Å². The van der Waals surface area contributed by atoms with Crippen molar-refractivity contribution in [3.05, 3.63) is 0 Å². The van der Waals surface area contributed by atoms with Gasteiger partial charge in [0.25, 0.3) is 0 Å². The van der Waals surface area contributed by atoms with Gasteiger partial charge in [0, 0.05) is 19.6 Å². The Morgan fingerprint density at radius 1 is 0.327 bits per heavy atom. The molecule has 0 bridgehead atoms. The van der Waals surface area contributed by atoms with Crippen LogP contribution in [0.4, 0.5) is 0 Å². The second kappa shape index (κ2) is 41.8. The first-order chi connectivity index (χ1) is 24.2. The van der Waals surface area contributed by atoms with Crippen LogP contribution < -0.4 is 5.32 Å². The van der Waals surface area contributed by atoms with Gasteiger partial charge in [-0.15, -0.1) is 0 Å². The Balaban J connectivity index is 4.62. The number of hydrogen-bond acceptors (Lipinski definition) is 3. The zero-order valence-electron chi connectivity index (χ0n) is 34.6. The molecule has 0 saturated heterocycles. The minimum absolute atomic E-state index is 0.247. The van der Waals surface area contributed by atoms with Gasteiger partial charge in [-0.25, -0.2) is 0 Å². The van der Waals surface area contributed by atoms with Crippen molar-refractivity contribution in [3.63, 3.8) is 0 Å². The summed E-state index contributed by atoms with van der Waals surface area (Å²) in [6, 6.07) is 0. The first kappa shape index (κ1) is 48.4. The van der Waals surface area contributed by atoms with Gasteiger partial charge < -0.3 is 10.2 Å². The smallest absolute Gasteiger partial charge is 0.234 e. The van der Waals surface area contributed by atoms with Crippen molar-refractivity contribution in [1.82, 2.24) is 15.1 Å². The maximum atomic E-state index is 13.1. The van der Waals surface area contributed by atoms with Crippen molar-refractivity contribution in [2.45, 2.75) is 240 Å². The molecule has 0 fully saturated rings. The lowest BCUT2D eigenvalue weighted by Gasteiger charge is -2.28. The second-order valence-electron chi connectivity index (χ2n) is 15.7. The third kappa shape index (κ3) is 38.5. The molecular weight excluding hydrogens is 599 g/mol. The molecule has 0 heterocycles. The molecule has 0 aromatic carbocycles. The highest BCUT2D eigenvalue weighted by Crippen LogP contribution is 2.13. The molecule has 294 valence electrons. The Kier molecular flexibility index (Phi) is 41.3. The second-order valence-corrected chi connectivity index (χ2v) is 15.7. The van der Waals surface area contributed by atoms with Gasteiger partial charge >= 0.3 is 0 Å². The maximum Gasteiger partial charge on any atom is 0.234 e. The number of amides is 1. The van der Waals surface area contributed by atoms with Gasteiger partial charge in [0.15, 0.2) is 0 Å².